The Hall–Kier alpha value is -0.583. The van der Waals surface area contributed by atoms with Crippen molar-refractivity contribution >= 4 is 9.15 Å². The smallest absolute Gasteiger partial charge is 0.268 e. The van der Waals surface area contributed by atoms with Crippen LogP contribution in [-0.2, 0) is 0 Å². The maximum Gasteiger partial charge on any atom is 0.321 e. The normalized spacial score (nSPS) is 2.50. The highest BCUT2D eigenvalue weighted by molar-refractivity contribution is 6.26. The van der Waals surface area contributed by atoms with Crippen LogP contribution in [0.1, 0.15) is 0 Å². The van der Waals surface area contributed by atoms with Gasteiger partial charge in [0, 0.05) is 0 Å². The van der Waals surface area contributed by atoms with Crippen LogP contribution in [0.2, 0.25) is 0 Å². The molecule has 0 saturated heterocycles. The van der Waals surface area contributed by atoms with Gasteiger partial charge in [0.1, 0.15) is 5.69 Å². The fraction of sp³-hybridized carbons (Fsp3) is 0. The molecule has 0 fully saturated rings. The Morgan fingerprint density at radius 1 is 1.75 bits per heavy atom. The summed E-state index contributed by atoms with van der Waals surface area (Å²) in [7, 11) is -0.554. The molecule has 2 nitrogen and oxygen atoms in total. The average Bonchev–Trinajstić information content (AvgIpc) is 1.37. The van der Waals surface area contributed by atoms with Gasteiger partial charge >= 0.3 is 9.15 Å². The fourth-order valence-corrected chi connectivity index (χ4v) is 0. The zero-order valence-electron chi connectivity index (χ0n) is 1.89. The molecule has 0 aromatic heterocycles. The van der Waals surface area contributed by atoms with E-state index in [0.717, 1.165) is 0 Å². The van der Waals surface area contributed by atoms with Gasteiger partial charge in [0.05, 0.1) is 0 Å². The molecule has 3 heteroatoms. The fourth-order valence-electron chi connectivity index (χ4n) is 0. The quantitative estimate of drug-likeness (QED) is 0.364. The highest BCUT2D eigenvalue weighted by Crippen LogP contribution is 1.13. The van der Waals surface area contributed by atoms with Crippen LogP contribution in [0, 0.1) is 15.8 Å². The number of nitriles is 1. The van der Waals surface area contributed by atoms with Crippen LogP contribution < -0.4 is 0 Å². The first-order valence-electron chi connectivity index (χ1n) is 0.697. The van der Waals surface area contributed by atoms with Gasteiger partial charge in [-0.3, -0.25) is 4.89 Å². The van der Waals surface area contributed by atoms with Crippen LogP contribution in [0.15, 0.2) is 0 Å². The molecule has 0 amide bonds. The molecule has 0 atom stereocenters. The first-order valence-corrected chi connectivity index (χ1v) is 1.64. The molecule has 0 unspecified atom stereocenters. The maximum atomic E-state index is 7.54. The van der Waals surface area contributed by atoms with E-state index in [9.17, 15) is 0 Å². The summed E-state index contributed by atoms with van der Waals surface area (Å²) < 4.78 is 0. The van der Waals surface area contributed by atoms with Crippen LogP contribution in [0.3, 0.4) is 0 Å². The SMILES string of the molecule is N#C[Si]#N. The van der Waals surface area contributed by atoms with Crippen molar-refractivity contribution in [3.05, 3.63) is 0 Å². The summed E-state index contributed by atoms with van der Waals surface area (Å²) in [5, 5.41) is 7.39. The van der Waals surface area contributed by atoms with E-state index in [2.05, 4.69) is 0 Å². The second-order valence-corrected chi connectivity index (χ2v) is 0.671. The first-order chi connectivity index (χ1) is 1.91. The van der Waals surface area contributed by atoms with E-state index in [-0.39, 0.29) is 0 Å². The lowest BCUT2D eigenvalue weighted by atomic mass is 11.8. The third kappa shape index (κ3) is 1.42. The lowest BCUT2D eigenvalue weighted by molar-refractivity contribution is 1.55. The van der Waals surface area contributed by atoms with Crippen molar-refractivity contribution in [1.29, 1.82) is 10.1 Å². The average molecular weight is 68.1 g/mol. The monoisotopic (exact) mass is 68.0 g/mol. The molecule has 0 aromatic rings. The van der Waals surface area contributed by atoms with E-state index in [1.165, 1.54) is 5.69 Å². The van der Waals surface area contributed by atoms with Crippen LogP contribution in [-0.4, -0.2) is 9.15 Å². The van der Waals surface area contributed by atoms with Crippen molar-refractivity contribution in [2.24, 2.45) is 0 Å². The summed E-state index contributed by atoms with van der Waals surface area (Å²) in [5.74, 6) is 0. The molecule has 0 heterocycles. The minimum atomic E-state index is -0.554. The highest BCUT2D eigenvalue weighted by Gasteiger charge is 1.43. The Kier molecular flexibility index (Phi) is 2.06. The number of hydrogen-bond acceptors (Lipinski definition) is 2. The minimum absolute atomic E-state index is 0.554. The summed E-state index contributed by atoms with van der Waals surface area (Å²) in [6, 6.07) is 0. The van der Waals surface area contributed by atoms with Gasteiger partial charge in [-0.1, -0.05) is 0 Å². The molecule has 0 rings (SSSR count). The summed E-state index contributed by atoms with van der Waals surface area (Å²) >= 11 is 0. The Morgan fingerprint density at radius 3 is 2.00 bits per heavy atom. The van der Waals surface area contributed by atoms with Gasteiger partial charge < -0.3 is 0 Å². The van der Waals surface area contributed by atoms with Crippen molar-refractivity contribution in [3.63, 3.8) is 0 Å². The van der Waals surface area contributed by atoms with E-state index in [1.54, 1.807) is 0 Å². The zero-order chi connectivity index (χ0) is 3.41. The van der Waals surface area contributed by atoms with Crippen molar-refractivity contribution in [1.82, 2.24) is 0 Å². The first kappa shape index (κ1) is 3.42. The van der Waals surface area contributed by atoms with Crippen LogP contribution in [0.25, 0.3) is 0 Å². The number of hydrogen-bond donors (Lipinski definition) is 0. The van der Waals surface area contributed by atoms with E-state index in [0.29, 0.717) is 0 Å². The second-order valence-electron chi connectivity index (χ2n) is 0.224. The maximum absolute atomic E-state index is 7.54. The summed E-state index contributed by atoms with van der Waals surface area (Å²) in [4.78, 5) is 7.54. The third-order valence-corrected chi connectivity index (χ3v) is 0.150. The molecule has 0 aliphatic carbocycles. The topological polar surface area (TPSA) is 47.6 Å². The lowest BCUT2D eigenvalue weighted by Crippen LogP contribution is -1.44. The van der Waals surface area contributed by atoms with Gasteiger partial charge in [0.15, 0.2) is 0 Å². The van der Waals surface area contributed by atoms with Crippen molar-refractivity contribution in [2.45, 2.75) is 0 Å². The molecular formula is CN2Si. The number of rotatable bonds is 0. The molecule has 0 bridgehead atoms. The number of nitrogens with zero attached hydrogens (tertiary/aromatic N) is 2. The Bertz CT molecular complexity index is 61.0. The molecule has 18 valence electrons. The Morgan fingerprint density at radius 2 is 2.00 bits per heavy atom. The van der Waals surface area contributed by atoms with Gasteiger partial charge in [-0.15, -0.1) is 0 Å². The van der Waals surface area contributed by atoms with Gasteiger partial charge in [0.25, 0.3) is 0 Å². The van der Waals surface area contributed by atoms with Crippen molar-refractivity contribution in [2.75, 3.05) is 0 Å². The standard InChI is InChI=1S/CN2Si/c2-1-4-3. The van der Waals surface area contributed by atoms with E-state index in [4.69, 9.17) is 10.1 Å². The van der Waals surface area contributed by atoms with Gasteiger partial charge in [-0.05, 0) is 0 Å². The van der Waals surface area contributed by atoms with Crippen LogP contribution in [0.4, 0.5) is 0 Å². The van der Waals surface area contributed by atoms with Crippen molar-refractivity contribution in [3.8, 4) is 5.69 Å². The van der Waals surface area contributed by atoms with E-state index < -0.39 is 9.15 Å². The predicted molar refractivity (Wildman–Crippen MR) is 13.1 cm³/mol. The zero-order valence-corrected chi connectivity index (χ0v) is 2.89. The molecule has 0 radical (unpaired) electrons. The molecule has 0 aromatic carbocycles. The summed E-state index contributed by atoms with van der Waals surface area (Å²) in [6.07, 6.45) is 0. The Labute approximate surface area is 26.1 Å². The minimum Gasteiger partial charge on any atom is -0.268 e. The molecule has 0 aliphatic heterocycles. The van der Waals surface area contributed by atoms with Gasteiger partial charge in [-0.25, -0.2) is 0 Å². The Balaban J connectivity index is 3.14. The van der Waals surface area contributed by atoms with Crippen molar-refractivity contribution < 1.29 is 0 Å². The predicted octanol–water partition coefficient (Wildman–Crippen LogP) is -0.349. The molecule has 0 aliphatic rings. The molecular weight excluding hydrogens is 68.1 g/mol. The summed E-state index contributed by atoms with van der Waals surface area (Å²) in [6.45, 7) is 0. The second kappa shape index (κ2) is 2.42. The van der Waals surface area contributed by atoms with E-state index in [1.807, 2.05) is 0 Å². The van der Waals surface area contributed by atoms with Gasteiger partial charge in [0.2, 0.25) is 0 Å². The van der Waals surface area contributed by atoms with Crippen LogP contribution >= 0.6 is 0 Å². The lowest BCUT2D eigenvalue weighted by Gasteiger charge is -1.14. The summed E-state index contributed by atoms with van der Waals surface area (Å²) in [5.41, 5.74) is 1.51. The highest BCUT2D eigenvalue weighted by atomic mass is 28.2. The third-order valence-electron chi connectivity index (χ3n) is 0.0500. The molecule has 0 spiro atoms. The molecule has 4 heavy (non-hydrogen) atoms. The van der Waals surface area contributed by atoms with Crippen LogP contribution in [0.5, 0.6) is 0 Å². The van der Waals surface area contributed by atoms with E-state index >= 15 is 0 Å². The largest absolute Gasteiger partial charge is 0.321 e. The molecule has 0 saturated carbocycles. The van der Waals surface area contributed by atoms with Gasteiger partial charge in [-0.2, -0.15) is 5.26 Å². The molecule has 0 N–H and O–H groups in total.